The van der Waals surface area contributed by atoms with Crippen LogP contribution in [-0.2, 0) is 4.74 Å². The molecule has 0 radical (unpaired) electrons. The maximum Gasteiger partial charge on any atom is 0.123 e. The Morgan fingerprint density at radius 3 is 2.81 bits per heavy atom. The molecule has 1 aliphatic heterocycles. The van der Waals surface area contributed by atoms with Crippen LogP contribution in [0, 0.1) is 5.92 Å². The lowest BCUT2D eigenvalue weighted by molar-refractivity contribution is 0.118. The molecule has 1 aromatic carbocycles. The van der Waals surface area contributed by atoms with Crippen LogP contribution in [0.3, 0.4) is 0 Å². The zero-order valence-electron chi connectivity index (χ0n) is 9.85. The summed E-state index contributed by atoms with van der Waals surface area (Å²) < 4.78 is 10.9. The number of ether oxygens (including phenoxy) is 2. The monoisotopic (exact) mass is 221 g/mol. The molecule has 3 atom stereocenters. The average molecular weight is 221 g/mol. The summed E-state index contributed by atoms with van der Waals surface area (Å²) in [7, 11) is 1.68. The molecule has 3 unspecified atom stereocenters. The fraction of sp³-hybridized carbons (Fsp3) is 0.538. The van der Waals surface area contributed by atoms with Crippen molar-refractivity contribution in [1.29, 1.82) is 0 Å². The molecule has 16 heavy (non-hydrogen) atoms. The van der Waals surface area contributed by atoms with Crippen molar-refractivity contribution in [2.24, 2.45) is 11.7 Å². The Hall–Kier alpha value is -1.06. The highest BCUT2D eigenvalue weighted by molar-refractivity contribution is 5.36. The molecule has 0 amide bonds. The van der Waals surface area contributed by atoms with Gasteiger partial charge in [-0.15, -0.1) is 0 Å². The van der Waals surface area contributed by atoms with Gasteiger partial charge in [0.05, 0.1) is 19.8 Å². The summed E-state index contributed by atoms with van der Waals surface area (Å²) in [6.45, 7) is 2.84. The van der Waals surface area contributed by atoms with E-state index in [-0.39, 0.29) is 6.04 Å². The predicted octanol–water partition coefficient (Wildman–Crippen LogP) is 2.12. The van der Waals surface area contributed by atoms with Gasteiger partial charge in [-0.05, 0) is 19.4 Å². The number of hydrogen-bond acceptors (Lipinski definition) is 3. The largest absolute Gasteiger partial charge is 0.496 e. The van der Waals surface area contributed by atoms with Gasteiger partial charge < -0.3 is 15.2 Å². The Morgan fingerprint density at radius 2 is 2.19 bits per heavy atom. The van der Waals surface area contributed by atoms with Crippen LogP contribution in [0.5, 0.6) is 5.75 Å². The van der Waals surface area contributed by atoms with Crippen LogP contribution in [0.25, 0.3) is 0 Å². The molecule has 0 bridgehead atoms. The zero-order chi connectivity index (χ0) is 11.5. The van der Waals surface area contributed by atoms with E-state index in [0.29, 0.717) is 12.0 Å². The molecule has 0 spiro atoms. The first-order valence-electron chi connectivity index (χ1n) is 5.72. The van der Waals surface area contributed by atoms with Gasteiger partial charge in [0.15, 0.2) is 0 Å². The van der Waals surface area contributed by atoms with E-state index in [0.717, 1.165) is 24.3 Å². The van der Waals surface area contributed by atoms with E-state index < -0.39 is 0 Å². The minimum absolute atomic E-state index is 0.00102. The number of hydrogen-bond donors (Lipinski definition) is 1. The standard InChI is InChI=1S/C13H19NO2/c1-9-7-10(8-16-9)13(14)11-5-3-4-6-12(11)15-2/h3-6,9-10,13H,7-8,14H2,1-2H3. The van der Waals surface area contributed by atoms with Gasteiger partial charge in [-0.2, -0.15) is 0 Å². The lowest BCUT2D eigenvalue weighted by Crippen LogP contribution is -2.22. The van der Waals surface area contributed by atoms with Crippen molar-refractivity contribution in [3.8, 4) is 5.75 Å². The molecule has 1 heterocycles. The summed E-state index contributed by atoms with van der Waals surface area (Å²) in [5, 5.41) is 0. The normalized spacial score (nSPS) is 26.7. The Morgan fingerprint density at radius 1 is 1.44 bits per heavy atom. The first-order chi connectivity index (χ1) is 7.72. The van der Waals surface area contributed by atoms with Crippen molar-refractivity contribution in [3.63, 3.8) is 0 Å². The van der Waals surface area contributed by atoms with E-state index in [4.69, 9.17) is 15.2 Å². The van der Waals surface area contributed by atoms with E-state index in [1.54, 1.807) is 7.11 Å². The highest BCUT2D eigenvalue weighted by Gasteiger charge is 2.29. The second kappa shape index (κ2) is 4.85. The van der Waals surface area contributed by atoms with E-state index in [1.165, 1.54) is 0 Å². The van der Waals surface area contributed by atoms with Gasteiger partial charge in [0, 0.05) is 17.5 Å². The minimum Gasteiger partial charge on any atom is -0.496 e. The van der Waals surface area contributed by atoms with E-state index in [9.17, 15) is 0 Å². The minimum atomic E-state index is 0.00102. The van der Waals surface area contributed by atoms with Gasteiger partial charge in [0.25, 0.3) is 0 Å². The second-order valence-corrected chi connectivity index (χ2v) is 4.41. The summed E-state index contributed by atoms with van der Waals surface area (Å²) >= 11 is 0. The molecule has 0 aliphatic carbocycles. The zero-order valence-corrected chi connectivity index (χ0v) is 9.85. The van der Waals surface area contributed by atoms with Crippen LogP contribution >= 0.6 is 0 Å². The molecule has 3 heteroatoms. The number of methoxy groups -OCH3 is 1. The van der Waals surface area contributed by atoms with Crippen molar-refractivity contribution in [3.05, 3.63) is 29.8 Å². The number of para-hydroxylation sites is 1. The molecule has 3 nitrogen and oxygen atoms in total. The molecular formula is C13H19NO2. The first-order valence-corrected chi connectivity index (χ1v) is 5.72. The highest BCUT2D eigenvalue weighted by atomic mass is 16.5. The van der Waals surface area contributed by atoms with Crippen LogP contribution in [0.1, 0.15) is 24.9 Å². The molecule has 88 valence electrons. The summed E-state index contributed by atoms with van der Waals surface area (Å²) in [6.07, 6.45) is 1.35. The third-order valence-corrected chi connectivity index (χ3v) is 3.24. The van der Waals surface area contributed by atoms with E-state index in [1.807, 2.05) is 24.3 Å². The van der Waals surface area contributed by atoms with Crippen LogP contribution in [-0.4, -0.2) is 19.8 Å². The van der Waals surface area contributed by atoms with Gasteiger partial charge in [-0.3, -0.25) is 0 Å². The fourth-order valence-electron chi connectivity index (χ4n) is 2.30. The maximum atomic E-state index is 6.28. The lowest BCUT2D eigenvalue weighted by atomic mass is 9.91. The summed E-state index contributed by atoms with van der Waals surface area (Å²) in [5.74, 6) is 1.26. The van der Waals surface area contributed by atoms with Gasteiger partial charge in [-0.1, -0.05) is 18.2 Å². The first kappa shape index (κ1) is 11.4. The van der Waals surface area contributed by atoms with E-state index in [2.05, 4.69) is 6.92 Å². The molecule has 0 saturated carbocycles. The third-order valence-electron chi connectivity index (χ3n) is 3.24. The SMILES string of the molecule is COc1ccccc1C(N)C1COC(C)C1. The summed E-state index contributed by atoms with van der Waals surface area (Å²) in [5.41, 5.74) is 7.36. The number of benzene rings is 1. The molecule has 1 saturated heterocycles. The van der Waals surface area contributed by atoms with E-state index >= 15 is 0 Å². The molecule has 2 rings (SSSR count). The molecule has 1 fully saturated rings. The van der Waals surface area contributed by atoms with Gasteiger partial charge >= 0.3 is 0 Å². The van der Waals surface area contributed by atoms with Crippen molar-refractivity contribution in [1.82, 2.24) is 0 Å². The fourth-order valence-corrected chi connectivity index (χ4v) is 2.30. The Bertz CT molecular complexity index is 354. The van der Waals surface area contributed by atoms with Gasteiger partial charge in [0.2, 0.25) is 0 Å². The highest BCUT2D eigenvalue weighted by Crippen LogP contribution is 2.33. The summed E-state index contributed by atoms with van der Waals surface area (Å²) in [6, 6.07) is 7.95. The van der Waals surface area contributed by atoms with Crippen molar-refractivity contribution < 1.29 is 9.47 Å². The molecule has 1 aliphatic rings. The smallest absolute Gasteiger partial charge is 0.123 e. The topological polar surface area (TPSA) is 44.5 Å². The molecular weight excluding hydrogens is 202 g/mol. The average Bonchev–Trinajstić information content (AvgIpc) is 2.75. The van der Waals surface area contributed by atoms with Gasteiger partial charge in [-0.25, -0.2) is 0 Å². The Kier molecular flexibility index (Phi) is 3.46. The molecule has 0 aromatic heterocycles. The summed E-state index contributed by atoms with van der Waals surface area (Å²) in [4.78, 5) is 0. The van der Waals surface area contributed by atoms with Crippen LogP contribution in [0.15, 0.2) is 24.3 Å². The third kappa shape index (κ3) is 2.20. The Labute approximate surface area is 96.5 Å². The lowest BCUT2D eigenvalue weighted by Gasteiger charge is -2.20. The maximum absolute atomic E-state index is 6.28. The van der Waals surface area contributed by atoms with Crippen molar-refractivity contribution >= 4 is 0 Å². The quantitative estimate of drug-likeness (QED) is 0.850. The number of nitrogens with two attached hydrogens (primary N) is 1. The second-order valence-electron chi connectivity index (χ2n) is 4.41. The molecule has 1 aromatic rings. The van der Waals surface area contributed by atoms with Crippen LogP contribution in [0.4, 0.5) is 0 Å². The van der Waals surface area contributed by atoms with Crippen molar-refractivity contribution in [2.75, 3.05) is 13.7 Å². The Balaban J connectivity index is 2.16. The van der Waals surface area contributed by atoms with Crippen LogP contribution in [0.2, 0.25) is 0 Å². The van der Waals surface area contributed by atoms with Crippen molar-refractivity contribution in [2.45, 2.75) is 25.5 Å². The predicted molar refractivity (Wildman–Crippen MR) is 63.4 cm³/mol. The molecule has 2 N–H and O–H groups in total. The van der Waals surface area contributed by atoms with Gasteiger partial charge in [0.1, 0.15) is 5.75 Å². The van der Waals surface area contributed by atoms with Crippen LogP contribution < -0.4 is 10.5 Å². The number of rotatable bonds is 3.